The van der Waals surface area contributed by atoms with Crippen molar-refractivity contribution in [3.8, 4) is 5.75 Å². The average Bonchev–Trinajstić information content (AvgIpc) is 2.68. The van der Waals surface area contributed by atoms with E-state index in [4.69, 9.17) is 16.2 Å². The van der Waals surface area contributed by atoms with Crippen LogP contribution in [0.25, 0.3) is 0 Å². The van der Waals surface area contributed by atoms with Gasteiger partial charge in [-0.05, 0) is 30.7 Å². The van der Waals surface area contributed by atoms with Crippen LogP contribution in [0.5, 0.6) is 5.75 Å². The van der Waals surface area contributed by atoms with Crippen LogP contribution >= 0.6 is 0 Å². The number of anilines is 1. The zero-order chi connectivity index (χ0) is 20.0. The van der Waals surface area contributed by atoms with E-state index in [1.165, 1.54) is 32.1 Å². The molecule has 0 bridgehead atoms. The highest BCUT2D eigenvalue weighted by molar-refractivity contribution is 6.01. The Kier molecular flexibility index (Phi) is 9.41. The highest BCUT2D eigenvalue weighted by atomic mass is 16.5. The van der Waals surface area contributed by atoms with Crippen molar-refractivity contribution in [3.05, 3.63) is 54.6 Å². The van der Waals surface area contributed by atoms with E-state index in [1.54, 1.807) is 0 Å². The third kappa shape index (κ3) is 8.58. The average molecular weight is 382 g/mol. The molecular formula is C22H31N5O. The van der Waals surface area contributed by atoms with Gasteiger partial charge < -0.3 is 21.5 Å². The molecule has 2 rings (SSSR count). The van der Waals surface area contributed by atoms with Gasteiger partial charge in [0.25, 0.3) is 0 Å². The Morgan fingerprint density at radius 1 is 0.929 bits per heavy atom. The van der Waals surface area contributed by atoms with Crippen LogP contribution in [0.2, 0.25) is 0 Å². The maximum atomic E-state index is 5.93. The van der Waals surface area contributed by atoms with Crippen LogP contribution in [0.3, 0.4) is 0 Å². The lowest BCUT2D eigenvalue weighted by Gasteiger charge is -2.09. The molecule has 0 atom stereocenters. The van der Waals surface area contributed by atoms with E-state index < -0.39 is 0 Å². The fourth-order valence-corrected chi connectivity index (χ4v) is 2.70. The van der Waals surface area contributed by atoms with Crippen molar-refractivity contribution >= 4 is 23.3 Å². The fraction of sp³-hybridized carbons (Fsp3) is 0.364. The Labute approximate surface area is 167 Å². The van der Waals surface area contributed by atoms with Gasteiger partial charge in [0.2, 0.25) is 11.9 Å². The number of aliphatic imine (C=N–C) groups is 2. The van der Waals surface area contributed by atoms with Crippen molar-refractivity contribution in [1.82, 2.24) is 0 Å². The molecule has 0 radical (unpaired) electrons. The summed E-state index contributed by atoms with van der Waals surface area (Å²) in [5.74, 6) is 1.06. The normalized spacial score (nSPS) is 12.0. The highest BCUT2D eigenvalue weighted by Crippen LogP contribution is 2.18. The van der Waals surface area contributed by atoms with E-state index in [0.717, 1.165) is 30.2 Å². The Balaban J connectivity index is 1.82. The van der Waals surface area contributed by atoms with Gasteiger partial charge in [-0.1, -0.05) is 63.3 Å². The van der Waals surface area contributed by atoms with Crippen LogP contribution in [-0.4, -0.2) is 18.5 Å². The number of rotatable bonds is 10. The number of nitrogens with zero attached hydrogens (tertiary/aromatic N) is 2. The number of ether oxygens (including phenoxy) is 1. The van der Waals surface area contributed by atoms with Crippen molar-refractivity contribution in [2.45, 2.75) is 45.4 Å². The quantitative estimate of drug-likeness (QED) is 0.313. The van der Waals surface area contributed by atoms with E-state index in [9.17, 15) is 0 Å². The van der Waals surface area contributed by atoms with E-state index >= 15 is 0 Å². The molecule has 0 heterocycles. The molecule has 2 aromatic rings. The van der Waals surface area contributed by atoms with Crippen LogP contribution < -0.4 is 21.5 Å². The molecule has 0 aliphatic carbocycles. The van der Waals surface area contributed by atoms with Gasteiger partial charge in [0.05, 0.1) is 12.3 Å². The monoisotopic (exact) mass is 381 g/mol. The molecule has 0 saturated heterocycles. The third-order valence-electron chi connectivity index (χ3n) is 4.11. The molecule has 0 aliphatic rings. The van der Waals surface area contributed by atoms with Crippen LogP contribution in [0.15, 0.2) is 64.6 Å². The molecule has 6 nitrogen and oxygen atoms in total. The standard InChI is InChI=1S/C22H31N5O/c1-2-3-4-5-6-10-16-28-20-15-11-14-19(17-20)26-22(24)27-21(23)25-18-12-8-7-9-13-18/h7-9,11-15,17H,2-6,10,16H2,1H3,(H5,23,24,25,26,27). The summed E-state index contributed by atoms with van der Waals surface area (Å²) in [6.45, 7) is 2.95. The number of unbranched alkanes of at least 4 members (excludes halogenated alkanes) is 5. The molecule has 2 aromatic carbocycles. The Hall–Kier alpha value is -3.02. The summed E-state index contributed by atoms with van der Waals surface area (Å²) in [6.07, 6.45) is 7.45. The molecule has 28 heavy (non-hydrogen) atoms. The predicted molar refractivity (Wildman–Crippen MR) is 118 cm³/mol. The lowest BCUT2D eigenvalue weighted by Crippen LogP contribution is -2.26. The van der Waals surface area contributed by atoms with Crippen molar-refractivity contribution in [2.24, 2.45) is 21.5 Å². The first-order valence-electron chi connectivity index (χ1n) is 9.90. The van der Waals surface area contributed by atoms with Crippen molar-refractivity contribution in [2.75, 3.05) is 11.9 Å². The molecule has 150 valence electrons. The van der Waals surface area contributed by atoms with Crippen LogP contribution in [0, 0.1) is 0 Å². The van der Waals surface area contributed by atoms with E-state index in [2.05, 4.69) is 22.2 Å². The first-order valence-corrected chi connectivity index (χ1v) is 9.90. The minimum atomic E-state index is 0.0895. The Morgan fingerprint density at radius 3 is 2.46 bits per heavy atom. The Morgan fingerprint density at radius 2 is 1.68 bits per heavy atom. The summed E-state index contributed by atoms with van der Waals surface area (Å²) < 4.78 is 5.83. The number of nitrogens with one attached hydrogen (secondary N) is 1. The van der Waals surface area contributed by atoms with Gasteiger partial charge in [-0.25, -0.2) is 4.99 Å². The van der Waals surface area contributed by atoms with Gasteiger partial charge in [0.15, 0.2) is 0 Å². The topological polar surface area (TPSA) is 98.0 Å². The van der Waals surface area contributed by atoms with Crippen LogP contribution in [-0.2, 0) is 0 Å². The number of guanidine groups is 2. The van der Waals surface area contributed by atoms with Gasteiger partial charge in [-0.3, -0.25) is 0 Å². The second-order valence-corrected chi connectivity index (χ2v) is 6.57. The lowest BCUT2D eigenvalue weighted by molar-refractivity contribution is 0.304. The van der Waals surface area contributed by atoms with Gasteiger partial charge in [0.1, 0.15) is 5.75 Å². The van der Waals surface area contributed by atoms with Crippen LogP contribution in [0.1, 0.15) is 45.4 Å². The summed E-state index contributed by atoms with van der Waals surface area (Å²) >= 11 is 0. The van der Waals surface area contributed by atoms with Crippen molar-refractivity contribution in [1.29, 1.82) is 0 Å². The molecule has 0 aromatic heterocycles. The molecule has 6 heteroatoms. The molecule has 0 saturated carbocycles. The Bertz CT molecular complexity index is 759. The van der Waals surface area contributed by atoms with Gasteiger partial charge >= 0.3 is 0 Å². The second-order valence-electron chi connectivity index (χ2n) is 6.57. The SMILES string of the molecule is CCCCCCCCOc1cccc(N/C(N)=N/C(N)=Nc2ccccc2)c1. The first-order chi connectivity index (χ1) is 13.7. The predicted octanol–water partition coefficient (Wildman–Crippen LogP) is 4.80. The molecule has 0 amide bonds. The molecule has 5 N–H and O–H groups in total. The number of benzene rings is 2. The molecule has 0 spiro atoms. The second kappa shape index (κ2) is 12.4. The summed E-state index contributed by atoms with van der Waals surface area (Å²) in [5.41, 5.74) is 13.3. The van der Waals surface area contributed by atoms with E-state index in [0.29, 0.717) is 0 Å². The van der Waals surface area contributed by atoms with Gasteiger partial charge in [-0.15, -0.1) is 0 Å². The van der Waals surface area contributed by atoms with E-state index in [-0.39, 0.29) is 11.9 Å². The van der Waals surface area contributed by atoms with E-state index in [1.807, 2.05) is 54.6 Å². The number of nitrogens with two attached hydrogens (primary N) is 2. The molecule has 0 fully saturated rings. The summed E-state index contributed by atoms with van der Waals surface area (Å²) in [4.78, 5) is 8.28. The highest BCUT2D eigenvalue weighted by Gasteiger charge is 2.00. The van der Waals surface area contributed by atoms with Crippen LogP contribution in [0.4, 0.5) is 11.4 Å². The van der Waals surface area contributed by atoms with Crippen molar-refractivity contribution < 1.29 is 4.74 Å². The maximum absolute atomic E-state index is 5.93. The smallest absolute Gasteiger partial charge is 0.223 e. The summed E-state index contributed by atoms with van der Waals surface area (Å²) in [5, 5.41) is 3.01. The van der Waals surface area contributed by atoms with Crippen molar-refractivity contribution in [3.63, 3.8) is 0 Å². The number of hydrogen-bond acceptors (Lipinski definition) is 2. The summed E-state index contributed by atoms with van der Waals surface area (Å²) in [6, 6.07) is 17.0. The first kappa shape index (κ1) is 21.3. The zero-order valence-electron chi connectivity index (χ0n) is 16.6. The summed E-state index contributed by atoms with van der Waals surface area (Å²) in [7, 11) is 0. The van der Waals surface area contributed by atoms with Gasteiger partial charge in [-0.2, -0.15) is 4.99 Å². The lowest BCUT2D eigenvalue weighted by atomic mass is 10.1. The third-order valence-corrected chi connectivity index (χ3v) is 4.11. The molecular weight excluding hydrogens is 350 g/mol. The number of para-hydroxylation sites is 1. The molecule has 0 unspecified atom stereocenters. The zero-order valence-corrected chi connectivity index (χ0v) is 16.6. The molecule has 0 aliphatic heterocycles. The minimum Gasteiger partial charge on any atom is -0.494 e. The largest absolute Gasteiger partial charge is 0.494 e. The minimum absolute atomic E-state index is 0.0895. The number of hydrogen-bond donors (Lipinski definition) is 3. The van der Waals surface area contributed by atoms with Gasteiger partial charge in [0, 0.05) is 11.8 Å². The maximum Gasteiger partial charge on any atom is 0.223 e. The fourth-order valence-electron chi connectivity index (χ4n) is 2.70.